The maximum atomic E-state index is 12.6. The Morgan fingerprint density at radius 1 is 1.18 bits per heavy atom. The van der Waals surface area contributed by atoms with Gasteiger partial charge in [-0.05, 0) is 30.3 Å². The lowest BCUT2D eigenvalue weighted by Crippen LogP contribution is -2.15. The molecule has 10 heteroatoms. The van der Waals surface area contributed by atoms with Crippen LogP contribution in [0, 0.1) is 0 Å². The summed E-state index contributed by atoms with van der Waals surface area (Å²) < 4.78 is 37.9. The van der Waals surface area contributed by atoms with E-state index in [0.717, 1.165) is 6.07 Å². The molecule has 4 N–H and O–H groups in total. The van der Waals surface area contributed by atoms with Crippen molar-refractivity contribution >= 4 is 29.0 Å². The summed E-state index contributed by atoms with van der Waals surface area (Å²) in [6.07, 6.45) is -4.55. The van der Waals surface area contributed by atoms with Crippen LogP contribution >= 0.6 is 11.6 Å². The van der Waals surface area contributed by atoms with Crippen LogP contribution in [0.5, 0.6) is 0 Å². The highest BCUT2D eigenvalue weighted by Crippen LogP contribution is 2.31. The molecule has 0 aliphatic carbocycles. The molecule has 6 nitrogen and oxygen atoms in total. The summed E-state index contributed by atoms with van der Waals surface area (Å²) in [6, 6.07) is 10.2. The van der Waals surface area contributed by atoms with Crippen LogP contribution in [0.15, 0.2) is 42.5 Å². The monoisotopic (exact) mass is 411 g/mol. The summed E-state index contributed by atoms with van der Waals surface area (Å²) in [5.41, 5.74) is 5.30. The third-order valence-corrected chi connectivity index (χ3v) is 3.77. The molecule has 0 atom stereocenters. The van der Waals surface area contributed by atoms with Crippen molar-refractivity contribution in [2.24, 2.45) is 0 Å². The molecule has 0 unspecified atom stereocenters. The van der Waals surface area contributed by atoms with E-state index in [0.29, 0.717) is 10.7 Å². The highest BCUT2D eigenvalue weighted by Gasteiger charge is 2.33. The van der Waals surface area contributed by atoms with Gasteiger partial charge in [0.1, 0.15) is 17.2 Å². The predicted molar refractivity (Wildman–Crippen MR) is 102 cm³/mol. The maximum Gasteiger partial charge on any atom is 0.432 e. The van der Waals surface area contributed by atoms with Crippen molar-refractivity contribution in [1.82, 2.24) is 15.2 Å². The molecule has 1 aromatic carbocycles. The summed E-state index contributed by atoms with van der Waals surface area (Å²) in [5.74, 6) is -0.689. The number of nitrogens with one attached hydrogen (secondary N) is 2. The first-order valence-electron chi connectivity index (χ1n) is 8.21. The van der Waals surface area contributed by atoms with Crippen molar-refractivity contribution in [3.8, 4) is 11.3 Å². The lowest BCUT2D eigenvalue weighted by Gasteiger charge is -2.08. The summed E-state index contributed by atoms with van der Waals surface area (Å²) in [5, 5.41) is 8.41. The molecule has 0 fully saturated rings. The number of aromatic amines is 1. The minimum absolute atomic E-state index is 0.0160. The van der Waals surface area contributed by atoms with Crippen molar-refractivity contribution in [1.29, 1.82) is 0 Å². The van der Waals surface area contributed by atoms with Crippen LogP contribution in [0.3, 0.4) is 0 Å². The number of nitrogens with zero attached hydrogens (tertiary/aromatic N) is 2. The number of amides is 1. The first-order valence-corrected chi connectivity index (χ1v) is 8.59. The molecule has 2 aromatic heterocycles. The second-order valence-corrected chi connectivity index (χ2v) is 5.64. The minimum atomic E-state index is -4.55. The number of carbonyl (C=O) groups excluding carboxylic acids is 1. The van der Waals surface area contributed by atoms with E-state index in [-0.39, 0.29) is 22.8 Å². The molecule has 3 rings (SSSR count). The molecule has 2 heterocycles. The molecule has 0 spiro atoms. The van der Waals surface area contributed by atoms with Gasteiger partial charge < -0.3 is 11.1 Å². The fourth-order valence-electron chi connectivity index (χ4n) is 2.17. The second-order valence-electron chi connectivity index (χ2n) is 5.23. The van der Waals surface area contributed by atoms with Crippen LogP contribution in [0.1, 0.15) is 30.0 Å². The van der Waals surface area contributed by atoms with Crippen molar-refractivity contribution < 1.29 is 18.0 Å². The number of anilines is 2. The van der Waals surface area contributed by atoms with Gasteiger partial charge in [-0.25, -0.2) is 4.98 Å². The fourth-order valence-corrected chi connectivity index (χ4v) is 2.35. The molecule has 0 saturated heterocycles. The molecular weight excluding hydrogens is 395 g/mol. The number of rotatable bonds is 3. The van der Waals surface area contributed by atoms with Gasteiger partial charge in [0.2, 0.25) is 0 Å². The summed E-state index contributed by atoms with van der Waals surface area (Å²) in [6.45, 7) is 4.00. The topological polar surface area (TPSA) is 96.7 Å². The number of pyridine rings is 1. The molecule has 1 amide bonds. The zero-order valence-corrected chi connectivity index (χ0v) is 15.7. The van der Waals surface area contributed by atoms with E-state index in [4.69, 9.17) is 17.3 Å². The zero-order chi connectivity index (χ0) is 20.9. The van der Waals surface area contributed by atoms with Crippen LogP contribution in [-0.4, -0.2) is 21.1 Å². The smallest absolute Gasteiger partial charge is 0.383 e. The van der Waals surface area contributed by atoms with Gasteiger partial charge in [0.25, 0.3) is 5.91 Å². The van der Waals surface area contributed by atoms with Crippen LogP contribution in [0.25, 0.3) is 11.3 Å². The summed E-state index contributed by atoms with van der Waals surface area (Å²) >= 11 is 5.97. The number of aromatic nitrogens is 3. The van der Waals surface area contributed by atoms with E-state index in [9.17, 15) is 18.0 Å². The Bertz CT molecular complexity index is 972. The number of benzene rings is 1. The van der Waals surface area contributed by atoms with E-state index in [1.54, 1.807) is 24.3 Å². The molecular formula is C18H17ClF3N5O. The Morgan fingerprint density at radius 3 is 2.43 bits per heavy atom. The second kappa shape index (κ2) is 8.75. The molecule has 148 valence electrons. The number of hydrogen-bond donors (Lipinski definition) is 3. The number of nitrogen functional groups attached to an aromatic ring is 1. The van der Waals surface area contributed by atoms with Crippen LogP contribution in [0.4, 0.5) is 24.7 Å². The highest BCUT2D eigenvalue weighted by atomic mass is 35.5. The number of hydrogen-bond acceptors (Lipinski definition) is 4. The van der Waals surface area contributed by atoms with Gasteiger partial charge in [-0.3, -0.25) is 9.89 Å². The number of alkyl halides is 3. The van der Waals surface area contributed by atoms with E-state index < -0.39 is 17.8 Å². The van der Waals surface area contributed by atoms with E-state index in [2.05, 4.69) is 15.4 Å². The molecule has 0 saturated carbocycles. The van der Waals surface area contributed by atoms with Crippen molar-refractivity contribution in [3.63, 3.8) is 0 Å². The molecule has 0 radical (unpaired) electrons. The van der Waals surface area contributed by atoms with Crippen LogP contribution in [-0.2, 0) is 6.18 Å². The average molecular weight is 412 g/mol. The van der Waals surface area contributed by atoms with Crippen LogP contribution in [0.2, 0.25) is 5.02 Å². The zero-order valence-electron chi connectivity index (χ0n) is 14.9. The van der Waals surface area contributed by atoms with Gasteiger partial charge in [0.05, 0.1) is 16.4 Å². The number of halogens is 4. The Balaban J connectivity index is 0.00000136. The largest absolute Gasteiger partial charge is 0.432 e. The van der Waals surface area contributed by atoms with E-state index in [1.807, 2.05) is 18.9 Å². The number of nitrogens with two attached hydrogens (primary N) is 1. The van der Waals surface area contributed by atoms with Gasteiger partial charge in [0, 0.05) is 5.56 Å². The molecule has 0 aliphatic rings. The van der Waals surface area contributed by atoms with Crippen LogP contribution < -0.4 is 11.1 Å². The third kappa shape index (κ3) is 4.80. The third-order valence-electron chi connectivity index (χ3n) is 3.44. The van der Waals surface area contributed by atoms with Gasteiger partial charge >= 0.3 is 6.18 Å². The predicted octanol–water partition coefficient (Wildman–Crippen LogP) is 5.00. The quantitative estimate of drug-likeness (QED) is 0.564. The van der Waals surface area contributed by atoms with Gasteiger partial charge in [-0.1, -0.05) is 37.6 Å². The van der Waals surface area contributed by atoms with Crippen molar-refractivity contribution in [2.45, 2.75) is 20.0 Å². The van der Waals surface area contributed by atoms with Crippen molar-refractivity contribution in [2.75, 3.05) is 11.1 Å². The summed E-state index contributed by atoms with van der Waals surface area (Å²) in [4.78, 5) is 16.2. The lowest BCUT2D eigenvalue weighted by atomic mass is 10.1. The van der Waals surface area contributed by atoms with E-state index in [1.165, 1.54) is 12.1 Å². The number of H-pyrrole nitrogens is 1. The molecule has 0 bridgehead atoms. The fraction of sp³-hybridized carbons (Fsp3) is 0.167. The maximum absolute atomic E-state index is 12.6. The average Bonchev–Trinajstić information content (AvgIpc) is 3.15. The SMILES string of the molecule is CC.Nc1nc(C(=O)Nc2ccccc2Cl)ccc1-c1cc(C(F)(F)F)[nH]n1. The Labute approximate surface area is 163 Å². The number of carbonyl (C=O) groups is 1. The Hall–Kier alpha value is -3.07. The Morgan fingerprint density at radius 2 is 1.86 bits per heavy atom. The molecule has 0 aliphatic heterocycles. The van der Waals surface area contributed by atoms with Crippen molar-refractivity contribution in [3.05, 3.63) is 58.9 Å². The first-order chi connectivity index (χ1) is 13.3. The standard InChI is InChI=1S/C16H11ClF3N5O.C2H6/c17-9-3-1-2-4-10(9)23-15(26)11-6-5-8(14(21)22-11)12-7-13(25-24-12)16(18,19)20;1-2/h1-7H,(H2,21,22)(H,23,26)(H,24,25);1-2H3. The molecule has 28 heavy (non-hydrogen) atoms. The normalized spacial score (nSPS) is 10.8. The Kier molecular flexibility index (Phi) is 6.63. The van der Waals surface area contributed by atoms with Gasteiger partial charge in [0.15, 0.2) is 0 Å². The van der Waals surface area contributed by atoms with E-state index >= 15 is 0 Å². The highest BCUT2D eigenvalue weighted by molar-refractivity contribution is 6.33. The molecule has 3 aromatic rings. The van der Waals surface area contributed by atoms with Gasteiger partial charge in [-0.15, -0.1) is 0 Å². The van der Waals surface area contributed by atoms with Gasteiger partial charge in [-0.2, -0.15) is 18.3 Å². The summed E-state index contributed by atoms with van der Waals surface area (Å²) in [7, 11) is 0. The minimum Gasteiger partial charge on any atom is -0.383 e. The number of para-hydroxylation sites is 1. The lowest BCUT2D eigenvalue weighted by molar-refractivity contribution is -0.141. The first kappa shape index (κ1) is 21.2.